The van der Waals surface area contributed by atoms with Gasteiger partial charge >= 0.3 is 6.18 Å². The van der Waals surface area contributed by atoms with Gasteiger partial charge < -0.3 is 9.64 Å². The fourth-order valence-electron chi connectivity index (χ4n) is 3.00. The Hall–Kier alpha value is -1.72. The molecule has 2 aromatic heterocycles. The average molecular weight is 391 g/mol. The third-order valence-corrected chi connectivity index (χ3v) is 4.80. The molecule has 1 saturated heterocycles. The van der Waals surface area contributed by atoms with Gasteiger partial charge in [0.15, 0.2) is 5.69 Å². The second-order valence-corrected chi connectivity index (χ2v) is 7.71. The molecule has 0 radical (unpaired) electrons. The normalized spacial score (nSPS) is 16.6. The van der Waals surface area contributed by atoms with E-state index in [0.717, 1.165) is 11.3 Å². The van der Waals surface area contributed by atoms with Gasteiger partial charge in [-0.1, -0.05) is 25.2 Å². The van der Waals surface area contributed by atoms with Crippen molar-refractivity contribution in [3.05, 3.63) is 16.4 Å². The van der Waals surface area contributed by atoms with Crippen LogP contribution in [-0.2, 0) is 28.9 Å². The number of hydrogen-bond donors (Lipinski definition) is 0. The van der Waals surface area contributed by atoms with E-state index in [1.165, 1.54) is 16.5 Å². The lowest BCUT2D eigenvalue weighted by atomic mass is 10.2. The molecule has 3 rings (SSSR count). The Kier molecular flexibility index (Phi) is 5.22. The number of amides is 1. The lowest BCUT2D eigenvalue weighted by molar-refractivity contribution is -0.142. The zero-order chi connectivity index (χ0) is 19.1. The fourth-order valence-corrected chi connectivity index (χ4v) is 3.88. The zero-order valence-electron chi connectivity index (χ0n) is 14.7. The van der Waals surface area contributed by atoms with Crippen LogP contribution in [0.5, 0.6) is 0 Å². The van der Waals surface area contributed by atoms with Crippen LogP contribution in [0.2, 0.25) is 0 Å². The minimum absolute atomic E-state index is 0.120. The molecule has 0 N–H and O–H groups in total. The highest BCUT2D eigenvalue weighted by Crippen LogP contribution is 2.34. The minimum atomic E-state index is -4.61. The van der Waals surface area contributed by atoms with E-state index in [9.17, 15) is 18.0 Å². The van der Waals surface area contributed by atoms with Crippen LogP contribution < -0.4 is 0 Å². The van der Waals surface area contributed by atoms with E-state index in [2.05, 4.69) is 10.1 Å². The summed E-state index contributed by atoms with van der Waals surface area (Å²) in [7, 11) is 1.48. The quantitative estimate of drug-likeness (QED) is 0.756. The molecule has 26 heavy (non-hydrogen) atoms. The van der Waals surface area contributed by atoms with E-state index in [-0.39, 0.29) is 36.3 Å². The summed E-state index contributed by atoms with van der Waals surface area (Å²) in [5.74, 6) is 0.173. The molecule has 2 aromatic rings. The van der Waals surface area contributed by atoms with Gasteiger partial charge in [0.05, 0.1) is 32.1 Å². The Morgan fingerprint density at radius 2 is 2.08 bits per heavy atom. The lowest BCUT2D eigenvalue weighted by Gasteiger charge is -2.19. The van der Waals surface area contributed by atoms with Gasteiger partial charge in [-0.15, -0.1) is 0 Å². The number of ether oxygens (including phenoxy) is 1. The summed E-state index contributed by atoms with van der Waals surface area (Å²) in [6, 6.07) is 0. The second kappa shape index (κ2) is 7.12. The standard InChI is InChI=1S/C15H20F3N5O2S/c1-9(2)4-21-6-12(24)22(8-21)5-10-13(15(16,17)18)19-14-23(10)20-11(26-14)7-25-3/h9H,4-8H2,1-3H3. The minimum Gasteiger partial charge on any atom is -0.377 e. The Balaban J connectivity index is 1.91. The van der Waals surface area contributed by atoms with Crippen LogP contribution in [0.15, 0.2) is 0 Å². The van der Waals surface area contributed by atoms with Crippen LogP contribution in [0.3, 0.4) is 0 Å². The second-order valence-electron chi connectivity index (χ2n) is 6.67. The lowest BCUT2D eigenvalue weighted by Crippen LogP contribution is -2.30. The predicted octanol–water partition coefficient (Wildman–Crippen LogP) is 2.21. The molecule has 0 saturated carbocycles. The summed E-state index contributed by atoms with van der Waals surface area (Å²) in [4.78, 5) is 19.4. The molecule has 7 nitrogen and oxygen atoms in total. The van der Waals surface area contributed by atoms with Gasteiger partial charge in [0, 0.05) is 13.7 Å². The maximum Gasteiger partial charge on any atom is 0.435 e. The van der Waals surface area contributed by atoms with E-state index in [0.29, 0.717) is 24.1 Å². The molecular weight excluding hydrogens is 371 g/mol. The van der Waals surface area contributed by atoms with Crippen LogP contribution in [0, 0.1) is 5.92 Å². The van der Waals surface area contributed by atoms with Gasteiger partial charge in [-0.3, -0.25) is 9.69 Å². The molecule has 3 heterocycles. The molecule has 1 amide bonds. The van der Waals surface area contributed by atoms with Crippen LogP contribution in [0.1, 0.15) is 30.2 Å². The summed E-state index contributed by atoms with van der Waals surface area (Å²) in [5.41, 5.74) is -1.11. The first-order valence-electron chi connectivity index (χ1n) is 8.12. The Labute approximate surface area is 152 Å². The van der Waals surface area contributed by atoms with Crippen molar-refractivity contribution in [3.63, 3.8) is 0 Å². The van der Waals surface area contributed by atoms with Gasteiger partial charge in [0.1, 0.15) is 5.01 Å². The first kappa shape index (κ1) is 19.1. The molecule has 1 fully saturated rings. The van der Waals surface area contributed by atoms with Crippen LogP contribution >= 0.6 is 11.3 Å². The maximum atomic E-state index is 13.4. The fraction of sp³-hybridized carbons (Fsp3) is 0.667. The molecular formula is C15H20F3N5O2S. The molecule has 1 aliphatic heterocycles. The summed E-state index contributed by atoms with van der Waals surface area (Å²) in [6.07, 6.45) is -4.61. The monoisotopic (exact) mass is 391 g/mol. The zero-order valence-corrected chi connectivity index (χ0v) is 15.5. The Morgan fingerprint density at radius 3 is 2.69 bits per heavy atom. The van der Waals surface area contributed by atoms with E-state index >= 15 is 0 Å². The summed E-state index contributed by atoms with van der Waals surface area (Å²) >= 11 is 1.04. The van der Waals surface area contributed by atoms with E-state index in [4.69, 9.17) is 4.74 Å². The SMILES string of the molecule is COCc1nn2c(CN3CN(CC(C)C)CC3=O)c(C(F)(F)F)nc2s1. The highest BCUT2D eigenvalue weighted by molar-refractivity contribution is 7.16. The first-order chi connectivity index (χ1) is 12.2. The molecule has 0 atom stereocenters. The number of imidazole rings is 1. The molecule has 0 aliphatic carbocycles. The van der Waals surface area contributed by atoms with Crippen LogP contribution in [0.4, 0.5) is 13.2 Å². The number of alkyl halides is 3. The van der Waals surface area contributed by atoms with E-state index in [1.54, 1.807) is 0 Å². The maximum absolute atomic E-state index is 13.4. The summed E-state index contributed by atoms with van der Waals surface area (Å²) < 4.78 is 46.3. The third-order valence-electron chi connectivity index (χ3n) is 3.92. The van der Waals surface area contributed by atoms with Crippen molar-refractivity contribution < 1.29 is 22.7 Å². The number of carbonyl (C=O) groups is 1. The molecule has 144 valence electrons. The van der Waals surface area contributed by atoms with Gasteiger partial charge in [0.2, 0.25) is 10.9 Å². The number of halogens is 3. The van der Waals surface area contributed by atoms with Gasteiger partial charge in [-0.2, -0.15) is 18.3 Å². The topological polar surface area (TPSA) is 63.0 Å². The Morgan fingerprint density at radius 1 is 1.35 bits per heavy atom. The Bertz CT molecular complexity index is 801. The number of nitrogens with zero attached hydrogens (tertiary/aromatic N) is 5. The van der Waals surface area contributed by atoms with E-state index in [1.807, 2.05) is 18.7 Å². The number of fused-ring (bicyclic) bond motifs is 1. The van der Waals surface area contributed by atoms with E-state index < -0.39 is 11.9 Å². The average Bonchev–Trinajstić information content (AvgIpc) is 3.13. The molecule has 0 unspecified atom stereocenters. The van der Waals surface area contributed by atoms with Crippen molar-refractivity contribution in [2.75, 3.05) is 26.9 Å². The van der Waals surface area contributed by atoms with Crippen LogP contribution in [0.25, 0.3) is 4.96 Å². The molecule has 0 bridgehead atoms. The first-order valence-corrected chi connectivity index (χ1v) is 8.94. The van der Waals surface area contributed by atoms with Gasteiger partial charge in [-0.05, 0) is 5.92 Å². The molecule has 1 aliphatic rings. The van der Waals surface area contributed by atoms with Gasteiger partial charge in [0.25, 0.3) is 0 Å². The van der Waals surface area contributed by atoms with Gasteiger partial charge in [-0.25, -0.2) is 9.50 Å². The summed E-state index contributed by atoms with van der Waals surface area (Å²) in [6.45, 7) is 5.30. The summed E-state index contributed by atoms with van der Waals surface area (Å²) in [5, 5.41) is 4.69. The van der Waals surface area contributed by atoms with Crippen molar-refractivity contribution in [1.82, 2.24) is 24.4 Å². The third kappa shape index (κ3) is 3.84. The smallest absolute Gasteiger partial charge is 0.377 e. The number of aromatic nitrogens is 3. The number of rotatable bonds is 6. The molecule has 0 spiro atoms. The predicted molar refractivity (Wildman–Crippen MR) is 88.4 cm³/mol. The van der Waals surface area contributed by atoms with Crippen molar-refractivity contribution in [2.45, 2.75) is 33.2 Å². The highest BCUT2D eigenvalue weighted by Gasteiger charge is 2.40. The number of hydrogen-bond acceptors (Lipinski definition) is 6. The van der Waals surface area contributed by atoms with Crippen molar-refractivity contribution in [3.8, 4) is 0 Å². The van der Waals surface area contributed by atoms with Crippen molar-refractivity contribution in [2.24, 2.45) is 5.92 Å². The molecule has 11 heteroatoms. The number of carbonyl (C=O) groups excluding carboxylic acids is 1. The highest BCUT2D eigenvalue weighted by atomic mass is 32.1. The van der Waals surface area contributed by atoms with Crippen molar-refractivity contribution >= 4 is 22.2 Å². The van der Waals surface area contributed by atoms with Crippen LogP contribution in [-0.4, -0.2) is 57.2 Å². The molecule has 0 aromatic carbocycles. The largest absolute Gasteiger partial charge is 0.435 e. The number of methoxy groups -OCH3 is 1. The van der Waals surface area contributed by atoms with Crippen molar-refractivity contribution in [1.29, 1.82) is 0 Å².